The van der Waals surface area contributed by atoms with Crippen molar-refractivity contribution in [2.75, 3.05) is 13.7 Å². The minimum Gasteiger partial charge on any atom is -0.494 e. The maximum Gasteiger partial charge on any atom is 0.258 e. The van der Waals surface area contributed by atoms with Crippen molar-refractivity contribution in [3.05, 3.63) is 89.7 Å². The number of rotatable bonds is 9. The molecule has 0 aliphatic carbocycles. The standard InChI is InChI=1S/C24H24FNO4/c1-17(19-8-13-23(28-2)22(25)14-19)26-24(27)16-30-21-11-9-20(10-12-21)29-15-18-6-4-3-5-7-18/h3-14,17H,15-16H2,1-2H3,(H,26,27)/t17-/m0/s1. The second-order valence-electron chi connectivity index (χ2n) is 6.72. The first-order valence-corrected chi connectivity index (χ1v) is 9.57. The fourth-order valence-corrected chi connectivity index (χ4v) is 2.84. The first-order chi connectivity index (χ1) is 14.5. The molecule has 1 N–H and O–H groups in total. The van der Waals surface area contributed by atoms with Gasteiger partial charge in [0, 0.05) is 0 Å². The lowest BCUT2D eigenvalue weighted by atomic mass is 10.1. The van der Waals surface area contributed by atoms with Crippen LogP contribution >= 0.6 is 0 Å². The van der Waals surface area contributed by atoms with Crippen molar-refractivity contribution in [2.45, 2.75) is 19.6 Å². The molecular weight excluding hydrogens is 385 g/mol. The molecule has 0 radical (unpaired) electrons. The van der Waals surface area contributed by atoms with Crippen LogP contribution in [0.3, 0.4) is 0 Å². The van der Waals surface area contributed by atoms with Crippen molar-refractivity contribution in [3.63, 3.8) is 0 Å². The minimum absolute atomic E-state index is 0.146. The van der Waals surface area contributed by atoms with Crippen molar-refractivity contribution in [3.8, 4) is 17.2 Å². The first-order valence-electron chi connectivity index (χ1n) is 9.57. The molecule has 0 fully saturated rings. The highest BCUT2D eigenvalue weighted by Crippen LogP contribution is 2.22. The maximum atomic E-state index is 13.8. The van der Waals surface area contributed by atoms with E-state index >= 15 is 0 Å². The molecule has 3 aromatic carbocycles. The number of nitrogens with one attached hydrogen (secondary N) is 1. The lowest BCUT2D eigenvalue weighted by molar-refractivity contribution is -0.123. The number of methoxy groups -OCH3 is 1. The van der Waals surface area contributed by atoms with Gasteiger partial charge in [-0.05, 0) is 54.4 Å². The van der Waals surface area contributed by atoms with Gasteiger partial charge in [0.2, 0.25) is 0 Å². The van der Waals surface area contributed by atoms with E-state index in [4.69, 9.17) is 14.2 Å². The normalized spacial score (nSPS) is 11.4. The zero-order valence-electron chi connectivity index (χ0n) is 16.9. The van der Waals surface area contributed by atoms with Crippen molar-refractivity contribution < 1.29 is 23.4 Å². The van der Waals surface area contributed by atoms with Crippen LogP contribution in [0.5, 0.6) is 17.2 Å². The fraction of sp³-hybridized carbons (Fsp3) is 0.208. The molecule has 0 aromatic heterocycles. The Balaban J connectivity index is 1.45. The second kappa shape index (κ2) is 10.3. The minimum atomic E-state index is -0.470. The quantitative estimate of drug-likeness (QED) is 0.558. The SMILES string of the molecule is COc1ccc([C@H](C)NC(=O)COc2ccc(OCc3ccccc3)cc2)cc1F. The van der Waals surface area contributed by atoms with E-state index in [0.717, 1.165) is 5.56 Å². The molecule has 0 heterocycles. The molecule has 5 nitrogen and oxygen atoms in total. The Hall–Kier alpha value is -3.54. The Morgan fingerprint density at radius 1 is 0.967 bits per heavy atom. The Morgan fingerprint density at radius 2 is 1.63 bits per heavy atom. The van der Waals surface area contributed by atoms with E-state index in [-0.39, 0.29) is 24.3 Å². The molecular formula is C24H24FNO4. The average molecular weight is 409 g/mol. The van der Waals surface area contributed by atoms with Crippen LogP contribution in [0.1, 0.15) is 24.1 Å². The highest BCUT2D eigenvalue weighted by molar-refractivity contribution is 5.78. The van der Waals surface area contributed by atoms with Crippen LogP contribution in [-0.4, -0.2) is 19.6 Å². The van der Waals surface area contributed by atoms with E-state index in [1.807, 2.05) is 30.3 Å². The van der Waals surface area contributed by atoms with Crippen LogP contribution < -0.4 is 19.5 Å². The smallest absolute Gasteiger partial charge is 0.258 e. The monoisotopic (exact) mass is 409 g/mol. The summed E-state index contributed by atoms with van der Waals surface area (Å²) >= 11 is 0. The lowest BCUT2D eigenvalue weighted by Crippen LogP contribution is -2.31. The van der Waals surface area contributed by atoms with E-state index in [0.29, 0.717) is 23.7 Å². The molecule has 1 atom stereocenters. The van der Waals surface area contributed by atoms with Crippen LogP contribution in [0.2, 0.25) is 0 Å². The fourth-order valence-electron chi connectivity index (χ4n) is 2.84. The van der Waals surface area contributed by atoms with Gasteiger partial charge >= 0.3 is 0 Å². The summed E-state index contributed by atoms with van der Waals surface area (Å²) in [5.74, 6) is 0.660. The molecule has 0 saturated heterocycles. The third-order valence-corrected chi connectivity index (χ3v) is 4.50. The van der Waals surface area contributed by atoms with Crippen LogP contribution in [-0.2, 0) is 11.4 Å². The molecule has 0 aliphatic heterocycles. The van der Waals surface area contributed by atoms with Gasteiger partial charge in [0.25, 0.3) is 5.91 Å². The van der Waals surface area contributed by atoms with Gasteiger partial charge in [0.1, 0.15) is 18.1 Å². The number of carbonyl (C=O) groups excluding carboxylic acids is 1. The Kier molecular flexibility index (Phi) is 7.27. The highest BCUT2D eigenvalue weighted by Gasteiger charge is 2.13. The molecule has 6 heteroatoms. The molecule has 0 aliphatic rings. The van der Waals surface area contributed by atoms with Gasteiger partial charge in [-0.25, -0.2) is 4.39 Å². The van der Waals surface area contributed by atoms with Crippen LogP contribution in [0.15, 0.2) is 72.8 Å². The number of benzene rings is 3. The summed E-state index contributed by atoms with van der Waals surface area (Å²) in [5, 5.41) is 2.78. The summed E-state index contributed by atoms with van der Waals surface area (Å²) < 4.78 is 30.0. The van der Waals surface area contributed by atoms with Gasteiger partial charge < -0.3 is 19.5 Å². The Morgan fingerprint density at radius 3 is 2.27 bits per heavy atom. The van der Waals surface area contributed by atoms with Gasteiger partial charge in [-0.3, -0.25) is 4.79 Å². The molecule has 1 amide bonds. The number of ether oxygens (including phenoxy) is 3. The zero-order chi connectivity index (χ0) is 21.3. The van der Waals surface area contributed by atoms with Gasteiger partial charge in [0.05, 0.1) is 13.2 Å². The molecule has 0 unspecified atom stereocenters. The zero-order valence-corrected chi connectivity index (χ0v) is 16.9. The highest BCUT2D eigenvalue weighted by atomic mass is 19.1. The summed E-state index contributed by atoms with van der Waals surface area (Å²) in [6, 6.07) is 21.2. The maximum absolute atomic E-state index is 13.8. The number of carbonyl (C=O) groups is 1. The Labute approximate surface area is 175 Å². The van der Waals surface area contributed by atoms with Crippen molar-refractivity contribution in [2.24, 2.45) is 0 Å². The van der Waals surface area contributed by atoms with E-state index in [1.54, 1.807) is 37.3 Å². The average Bonchev–Trinajstić information content (AvgIpc) is 2.77. The topological polar surface area (TPSA) is 56.8 Å². The molecule has 3 rings (SSSR count). The van der Waals surface area contributed by atoms with Gasteiger partial charge in [-0.2, -0.15) is 0 Å². The van der Waals surface area contributed by atoms with Crippen LogP contribution in [0, 0.1) is 5.82 Å². The Bertz CT molecular complexity index is 961. The first kappa shape index (κ1) is 21.2. The third-order valence-electron chi connectivity index (χ3n) is 4.50. The van der Waals surface area contributed by atoms with E-state index in [1.165, 1.54) is 19.2 Å². The summed E-state index contributed by atoms with van der Waals surface area (Å²) in [7, 11) is 1.41. The molecule has 0 spiro atoms. The van der Waals surface area contributed by atoms with Gasteiger partial charge in [-0.1, -0.05) is 36.4 Å². The van der Waals surface area contributed by atoms with Crippen molar-refractivity contribution in [1.82, 2.24) is 5.32 Å². The van der Waals surface area contributed by atoms with Crippen LogP contribution in [0.25, 0.3) is 0 Å². The number of amides is 1. The largest absolute Gasteiger partial charge is 0.494 e. The van der Waals surface area contributed by atoms with Crippen molar-refractivity contribution >= 4 is 5.91 Å². The molecule has 0 saturated carbocycles. The second-order valence-corrected chi connectivity index (χ2v) is 6.72. The van der Waals surface area contributed by atoms with Crippen molar-refractivity contribution in [1.29, 1.82) is 0 Å². The summed E-state index contributed by atoms with van der Waals surface area (Å²) in [6.07, 6.45) is 0. The number of hydrogen-bond donors (Lipinski definition) is 1. The molecule has 156 valence electrons. The number of halogens is 1. The molecule has 3 aromatic rings. The summed E-state index contributed by atoms with van der Waals surface area (Å²) in [4.78, 5) is 12.2. The molecule has 0 bridgehead atoms. The van der Waals surface area contributed by atoms with Crippen LogP contribution in [0.4, 0.5) is 4.39 Å². The van der Waals surface area contributed by atoms with E-state index in [2.05, 4.69) is 5.32 Å². The van der Waals surface area contributed by atoms with Gasteiger partial charge in [-0.15, -0.1) is 0 Å². The third kappa shape index (κ3) is 5.98. The van der Waals surface area contributed by atoms with E-state index < -0.39 is 5.82 Å². The van der Waals surface area contributed by atoms with Gasteiger partial charge in [0.15, 0.2) is 18.2 Å². The predicted octanol–water partition coefficient (Wildman–Crippen LogP) is 4.67. The summed E-state index contributed by atoms with van der Waals surface area (Å²) in [5.41, 5.74) is 1.72. The lowest BCUT2D eigenvalue weighted by Gasteiger charge is -2.15. The molecule has 30 heavy (non-hydrogen) atoms. The predicted molar refractivity (Wildman–Crippen MR) is 112 cm³/mol. The summed E-state index contributed by atoms with van der Waals surface area (Å²) in [6.45, 7) is 2.11. The number of hydrogen-bond acceptors (Lipinski definition) is 4. The van der Waals surface area contributed by atoms with E-state index in [9.17, 15) is 9.18 Å².